The van der Waals surface area contributed by atoms with Crippen LogP contribution in [0.2, 0.25) is 0 Å². The zero-order chi connectivity index (χ0) is 20.1. The van der Waals surface area contributed by atoms with Gasteiger partial charge in [-0.05, 0) is 17.7 Å². The van der Waals surface area contributed by atoms with Crippen LogP contribution in [0.25, 0.3) is 0 Å². The highest BCUT2D eigenvalue weighted by atomic mass is 32.2. The van der Waals surface area contributed by atoms with Gasteiger partial charge in [-0.25, -0.2) is 8.42 Å². The van der Waals surface area contributed by atoms with Gasteiger partial charge < -0.3 is 9.84 Å². The molecule has 0 saturated carbocycles. The molecule has 0 aliphatic heterocycles. The van der Waals surface area contributed by atoms with Crippen molar-refractivity contribution in [3.05, 3.63) is 88.5 Å². The summed E-state index contributed by atoms with van der Waals surface area (Å²) in [6.07, 6.45) is 1.81. The molecule has 2 aromatic rings. The van der Waals surface area contributed by atoms with E-state index in [1.54, 1.807) is 6.07 Å². The van der Waals surface area contributed by atoms with Crippen molar-refractivity contribution < 1.29 is 23.2 Å². The predicted octanol–water partition coefficient (Wildman–Crippen LogP) is 2.44. The van der Waals surface area contributed by atoms with Gasteiger partial charge in [-0.15, -0.1) is 0 Å². The van der Waals surface area contributed by atoms with Crippen LogP contribution in [-0.2, 0) is 21.2 Å². The van der Waals surface area contributed by atoms with E-state index in [-0.39, 0.29) is 18.1 Å². The van der Waals surface area contributed by atoms with E-state index >= 15 is 0 Å². The molecule has 1 N–H and O–H groups in total. The molecule has 0 fully saturated rings. The minimum atomic E-state index is -4.23. The molecule has 7 nitrogen and oxygen atoms in total. The summed E-state index contributed by atoms with van der Waals surface area (Å²) in [4.78, 5) is 10.8. The number of sulfone groups is 1. The second kappa shape index (κ2) is 8.64. The fourth-order valence-corrected chi connectivity index (χ4v) is 5.12. The molecule has 3 rings (SSSR count). The molecule has 0 radical (unpaired) electrons. The molecular formula is C20H21NO6S. The lowest BCUT2D eigenvalue weighted by Crippen LogP contribution is -2.42. The maximum atomic E-state index is 12.9. The van der Waals surface area contributed by atoms with Gasteiger partial charge in [0.05, 0.1) is 30.1 Å². The molecule has 28 heavy (non-hydrogen) atoms. The van der Waals surface area contributed by atoms with E-state index < -0.39 is 38.1 Å². The van der Waals surface area contributed by atoms with Crippen molar-refractivity contribution in [2.75, 3.05) is 6.61 Å². The maximum Gasteiger partial charge on any atom is 0.321 e. The van der Waals surface area contributed by atoms with Crippen LogP contribution in [-0.4, -0.2) is 36.5 Å². The van der Waals surface area contributed by atoms with Crippen molar-refractivity contribution in [3.8, 4) is 0 Å². The number of nitro groups is 1. The lowest BCUT2D eigenvalue weighted by Gasteiger charge is -2.24. The Labute approximate surface area is 163 Å². The second-order valence-corrected chi connectivity index (χ2v) is 8.70. The number of hydrogen-bond acceptors (Lipinski definition) is 6. The maximum absolute atomic E-state index is 12.9. The first kappa shape index (κ1) is 20.2. The largest absolute Gasteiger partial charge is 0.389 e. The van der Waals surface area contributed by atoms with Gasteiger partial charge in [0.15, 0.2) is 0 Å². The highest BCUT2D eigenvalue weighted by molar-refractivity contribution is 7.91. The fraction of sp³-hybridized carbons (Fsp3) is 0.300. The first-order valence-electron chi connectivity index (χ1n) is 8.82. The molecule has 0 heterocycles. The smallest absolute Gasteiger partial charge is 0.321 e. The number of rotatable bonds is 8. The first-order valence-corrected chi connectivity index (χ1v) is 10.4. The highest BCUT2D eigenvalue weighted by Gasteiger charge is 2.50. The van der Waals surface area contributed by atoms with Crippen LogP contribution < -0.4 is 0 Å². The predicted molar refractivity (Wildman–Crippen MR) is 103 cm³/mol. The van der Waals surface area contributed by atoms with Gasteiger partial charge in [-0.3, -0.25) is 10.1 Å². The summed E-state index contributed by atoms with van der Waals surface area (Å²) < 4.78 is 31.5. The van der Waals surface area contributed by atoms with Gasteiger partial charge in [-0.1, -0.05) is 60.7 Å². The number of aliphatic hydroxyl groups is 1. The Morgan fingerprint density at radius 2 is 1.64 bits per heavy atom. The summed E-state index contributed by atoms with van der Waals surface area (Å²) in [5.74, 6) is -1.72. The van der Waals surface area contributed by atoms with Gasteiger partial charge >= 0.3 is 5.37 Å². The van der Waals surface area contributed by atoms with Crippen LogP contribution >= 0.6 is 0 Å². The fourth-order valence-electron chi connectivity index (χ4n) is 3.37. The SMILES string of the molecule is O=[N+]([O-])C(C1C=C[C@H](O)C1COCc1ccccc1)S(=O)(=O)c1ccccc1. The number of hydrogen-bond donors (Lipinski definition) is 1. The Morgan fingerprint density at radius 1 is 1.04 bits per heavy atom. The Kier molecular flexibility index (Phi) is 6.23. The van der Waals surface area contributed by atoms with E-state index in [1.165, 1.54) is 36.4 Å². The van der Waals surface area contributed by atoms with E-state index in [0.29, 0.717) is 0 Å². The monoisotopic (exact) mass is 403 g/mol. The first-order chi connectivity index (χ1) is 13.4. The van der Waals surface area contributed by atoms with Gasteiger partial charge in [0.2, 0.25) is 9.84 Å². The molecule has 1 aliphatic rings. The number of ether oxygens (including phenoxy) is 1. The normalized spacial score (nSPS) is 22.8. The molecule has 3 unspecified atom stereocenters. The topological polar surface area (TPSA) is 107 Å². The summed E-state index contributed by atoms with van der Waals surface area (Å²) in [5.41, 5.74) is 0.919. The Morgan fingerprint density at radius 3 is 2.25 bits per heavy atom. The third kappa shape index (κ3) is 4.30. The van der Waals surface area contributed by atoms with Gasteiger partial charge in [0.1, 0.15) is 0 Å². The second-order valence-electron chi connectivity index (χ2n) is 6.65. The summed E-state index contributed by atoms with van der Waals surface area (Å²) in [7, 11) is -4.23. The van der Waals surface area contributed by atoms with Crippen LogP contribution in [0.3, 0.4) is 0 Å². The highest BCUT2D eigenvalue weighted by Crippen LogP contribution is 2.35. The van der Waals surface area contributed by atoms with Crippen molar-refractivity contribution in [3.63, 3.8) is 0 Å². The van der Waals surface area contributed by atoms with Gasteiger partial charge in [0, 0.05) is 10.8 Å². The Bertz CT molecular complexity index is 930. The lowest BCUT2D eigenvalue weighted by atomic mass is 9.94. The zero-order valence-corrected chi connectivity index (χ0v) is 15.8. The standard InChI is InChI=1S/C20H21NO6S/c22-19-12-11-17(18(19)14-27-13-15-7-3-1-4-8-15)20(21(23)24)28(25,26)16-9-5-2-6-10-16/h1-12,17-20,22H,13-14H2/t17?,18?,19-,20?/m0/s1. The van der Waals surface area contributed by atoms with Crippen LogP contribution in [0.4, 0.5) is 0 Å². The quantitative estimate of drug-likeness (QED) is 0.412. The molecule has 148 valence electrons. The van der Waals surface area contributed by atoms with E-state index in [2.05, 4.69) is 0 Å². The molecule has 4 atom stereocenters. The van der Waals surface area contributed by atoms with E-state index in [4.69, 9.17) is 4.74 Å². The average molecular weight is 403 g/mol. The number of nitrogens with zero attached hydrogens (tertiary/aromatic N) is 1. The van der Waals surface area contributed by atoms with Crippen molar-refractivity contribution in [2.45, 2.75) is 23.0 Å². The molecule has 0 amide bonds. The molecule has 8 heteroatoms. The molecule has 2 aromatic carbocycles. The Balaban J connectivity index is 1.79. The third-order valence-electron chi connectivity index (χ3n) is 4.81. The molecule has 0 aromatic heterocycles. The minimum absolute atomic E-state index is 0.00236. The van der Waals surface area contributed by atoms with E-state index in [0.717, 1.165) is 5.56 Å². The summed E-state index contributed by atoms with van der Waals surface area (Å²) in [6.45, 7) is 0.272. The van der Waals surface area contributed by atoms with Crippen molar-refractivity contribution in [1.29, 1.82) is 0 Å². The van der Waals surface area contributed by atoms with Crippen LogP contribution in [0.15, 0.2) is 77.7 Å². The lowest BCUT2D eigenvalue weighted by molar-refractivity contribution is -0.505. The molecule has 0 saturated heterocycles. The average Bonchev–Trinajstić information content (AvgIpc) is 3.03. The van der Waals surface area contributed by atoms with Crippen molar-refractivity contribution >= 4 is 9.84 Å². The van der Waals surface area contributed by atoms with Crippen LogP contribution in [0.5, 0.6) is 0 Å². The van der Waals surface area contributed by atoms with Gasteiger partial charge in [0.25, 0.3) is 0 Å². The molecule has 0 spiro atoms. The summed E-state index contributed by atoms with van der Waals surface area (Å²) >= 11 is 0. The zero-order valence-electron chi connectivity index (χ0n) is 15.0. The van der Waals surface area contributed by atoms with E-state index in [1.807, 2.05) is 30.3 Å². The minimum Gasteiger partial charge on any atom is -0.389 e. The van der Waals surface area contributed by atoms with Crippen LogP contribution in [0.1, 0.15) is 5.56 Å². The number of benzene rings is 2. The van der Waals surface area contributed by atoms with E-state index in [9.17, 15) is 23.6 Å². The third-order valence-corrected chi connectivity index (χ3v) is 6.86. The van der Waals surface area contributed by atoms with Crippen molar-refractivity contribution in [2.24, 2.45) is 11.8 Å². The molecular weight excluding hydrogens is 382 g/mol. The summed E-state index contributed by atoms with van der Waals surface area (Å²) in [5, 5.41) is 20.1. The van der Waals surface area contributed by atoms with Crippen molar-refractivity contribution in [1.82, 2.24) is 0 Å². The summed E-state index contributed by atoms with van der Waals surface area (Å²) in [6, 6.07) is 16.7. The number of aliphatic hydroxyl groups excluding tert-OH is 1. The Hall–Kier alpha value is -2.55. The van der Waals surface area contributed by atoms with Crippen LogP contribution in [0, 0.1) is 22.0 Å². The molecule has 1 aliphatic carbocycles. The molecule has 0 bridgehead atoms. The van der Waals surface area contributed by atoms with Gasteiger partial charge in [-0.2, -0.15) is 0 Å².